The summed E-state index contributed by atoms with van der Waals surface area (Å²) in [6, 6.07) is 6.39. The minimum Gasteiger partial charge on any atom is -0.480 e. The van der Waals surface area contributed by atoms with Gasteiger partial charge in [0.1, 0.15) is 6.04 Å². The number of halogens is 1. The molecular weight excluding hydrogens is 336 g/mol. The molecule has 0 radical (unpaired) electrons. The molecule has 1 rings (SSSR count). The Morgan fingerprint density at radius 2 is 2.10 bits per heavy atom. The van der Waals surface area contributed by atoms with Gasteiger partial charge in [0.05, 0.1) is 0 Å². The molecule has 0 aliphatic heterocycles. The van der Waals surface area contributed by atoms with Crippen LogP contribution in [0.4, 0.5) is 4.79 Å². The fourth-order valence-corrected chi connectivity index (χ4v) is 2.35. The van der Waals surface area contributed by atoms with Gasteiger partial charge in [0.25, 0.3) is 0 Å². The lowest BCUT2D eigenvalue weighted by Crippen LogP contribution is -2.49. The zero-order valence-corrected chi connectivity index (χ0v) is 14.1. The van der Waals surface area contributed by atoms with E-state index >= 15 is 0 Å². The first-order valence-corrected chi connectivity index (χ1v) is 7.63. The van der Waals surface area contributed by atoms with Gasteiger partial charge in [-0.25, -0.2) is 9.59 Å². The molecule has 2 amide bonds. The van der Waals surface area contributed by atoms with Gasteiger partial charge in [-0.05, 0) is 23.6 Å². The minimum absolute atomic E-state index is 0.120. The summed E-state index contributed by atoms with van der Waals surface area (Å²) in [6.45, 7) is 4.13. The van der Waals surface area contributed by atoms with Crippen LogP contribution in [0.15, 0.2) is 28.7 Å². The molecule has 0 aromatic heterocycles. The number of hydrogen-bond donors (Lipinski definition) is 2. The quantitative estimate of drug-likeness (QED) is 0.822. The molecule has 21 heavy (non-hydrogen) atoms. The Balaban J connectivity index is 2.67. The summed E-state index contributed by atoms with van der Waals surface area (Å²) in [5.74, 6) is -1.13. The number of nitrogens with zero attached hydrogens (tertiary/aromatic N) is 1. The van der Waals surface area contributed by atoms with E-state index in [1.165, 1.54) is 4.90 Å². The number of nitrogens with one attached hydrogen (secondary N) is 1. The summed E-state index contributed by atoms with van der Waals surface area (Å²) in [7, 11) is 1.64. The monoisotopic (exact) mass is 356 g/mol. The number of aliphatic carboxylic acids is 1. The number of hydrogen-bond acceptors (Lipinski definition) is 2. The van der Waals surface area contributed by atoms with Crippen LogP contribution in [0.5, 0.6) is 0 Å². The predicted molar refractivity (Wildman–Crippen MR) is 85.0 cm³/mol. The normalized spacial score (nSPS) is 13.3. The molecule has 0 fully saturated rings. The van der Waals surface area contributed by atoms with Gasteiger partial charge in [0.2, 0.25) is 0 Å². The maximum atomic E-state index is 12.1. The van der Waals surface area contributed by atoms with Crippen LogP contribution in [0.3, 0.4) is 0 Å². The molecule has 1 aromatic rings. The lowest BCUT2D eigenvalue weighted by molar-refractivity contribution is -0.140. The second-order valence-electron chi connectivity index (χ2n) is 5.14. The van der Waals surface area contributed by atoms with Crippen LogP contribution in [0.1, 0.15) is 25.8 Å². The van der Waals surface area contributed by atoms with Crippen LogP contribution in [0.25, 0.3) is 0 Å². The van der Waals surface area contributed by atoms with Crippen LogP contribution < -0.4 is 5.32 Å². The first-order valence-electron chi connectivity index (χ1n) is 6.84. The first kappa shape index (κ1) is 17.5. The summed E-state index contributed by atoms with van der Waals surface area (Å²) in [5.41, 5.74) is 0.970. The van der Waals surface area contributed by atoms with Gasteiger partial charge in [0, 0.05) is 18.1 Å². The Morgan fingerprint density at radius 3 is 2.62 bits per heavy atom. The summed E-state index contributed by atoms with van der Waals surface area (Å²) < 4.78 is 0.942. The smallest absolute Gasteiger partial charge is 0.326 e. The molecule has 0 bridgehead atoms. The summed E-state index contributed by atoms with van der Waals surface area (Å²) in [5, 5.41) is 11.8. The second kappa shape index (κ2) is 8.02. The largest absolute Gasteiger partial charge is 0.480 e. The lowest BCUT2D eigenvalue weighted by atomic mass is 9.99. The molecule has 5 nitrogen and oxygen atoms in total. The van der Waals surface area contributed by atoms with Crippen LogP contribution in [0, 0.1) is 5.92 Å². The third-order valence-corrected chi connectivity index (χ3v) is 3.91. The van der Waals surface area contributed by atoms with Crippen molar-refractivity contribution >= 4 is 27.9 Å². The van der Waals surface area contributed by atoms with Crippen molar-refractivity contribution in [3.05, 3.63) is 34.3 Å². The Morgan fingerprint density at radius 1 is 1.43 bits per heavy atom. The van der Waals surface area contributed by atoms with Gasteiger partial charge in [-0.15, -0.1) is 0 Å². The molecule has 1 unspecified atom stereocenters. The highest BCUT2D eigenvalue weighted by Crippen LogP contribution is 2.13. The number of rotatable bonds is 6. The molecule has 1 aromatic carbocycles. The number of carboxylic acid groups (broad SMARTS) is 1. The summed E-state index contributed by atoms with van der Waals surface area (Å²) >= 11 is 3.38. The lowest BCUT2D eigenvalue weighted by Gasteiger charge is -2.24. The highest BCUT2D eigenvalue weighted by atomic mass is 79.9. The molecule has 0 saturated heterocycles. The highest BCUT2D eigenvalue weighted by Gasteiger charge is 2.26. The highest BCUT2D eigenvalue weighted by molar-refractivity contribution is 9.10. The predicted octanol–water partition coefficient (Wildman–Crippen LogP) is 3.09. The number of amides is 2. The molecule has 0 aliphatic rings. The van der Waals surface area contributed by atoms with Crippen LogP contribution in [-0.4, -0.2) is 35.1 Å². The topological polar surface area (TPSA) is 69.6 Å². The molecule has 0 spiro atoms. The Kier molecular flexibility index (Phi) is 6.68. The van der Waals surface area contributed by atoms with E-state index in [1.807, 2.05) is 38.1 Å². The van der Waals surface area contributed by atoms with Crippen molar-refractivity contribution in [2.75, 3.05) is 7.05 Å². The minimum atomic E-state index is -1.01. The van der Waals surface area contributed by atoms with E-state index in [0.29, 0.717) is 13.0 Å². The van der Waals surface area contributed by atoms with E-state index in [9.17, 15) is 14.7 Å². The van der Waals surface area contributed by atoms with Crippen LogP contribution in [-0.2, 0) is 11.3 Å². The summed E-state index contributed by atoms with van der Waals surface area (Å²) in [6.07, 6.45) is 0.687. The number of urea groups is 1. The van der Waals surface area contributed by atoms with Crippen LogP contribution in [0.2, 0.25) is 0 Å². The van der Waals surface area contributed by atoms with E-state index in [1.54, 1.807) is 7.05 Å². The third-order valence-electron chi connectivity index (χ3n) is 3.41. The van der Waals surface area contributed by atoms with Gasteiger partial charge in [0.15, 0.2) is 0 Å². The van der Waals surface area contributed by atoms with Gasteiger partial charge < -0.3 is 15.3 Å². The van der Waals surface area contributed by atoms with Gasteiger partial charge in [-0.1, -0.05) is 48.3 Å². The van der Waals surface area contributed by atoms with Crippen molar-refractivity contribution in [1.29, 1.82) is 0 Å². The van der Waals surface area contributed by atoms with E-state index in [-0.39, 0.29) is 11.9 Å². The second-order valence-corrected chi connectivity index (χ2v) is 6.05. The number of carboxylic acids is 1. The van der Waals surface area contributed by atoms with Crippen molar-refractivity contribution in [2.45, 2.75) is 32.9 Å². The molecule has 0 heterocycles. The summed E-state index contributed by atoms with van der Waals surface area (Å²) in [4.78, 5) is 24.8. The maximum Gasteiger partial charge on any atom is 0.326 e. The Hall–Kier alpha value is -1.56. The standard InChI is InChI=1S/C15H21BrN2O3/c1-4-10(2)13(14(19)20)17-15(21)18(3)9-11-6-5-7-12(16)8-11/h5-8,10,13H,4,9H2,1-3H3,(H,17,21)(H,19,20)/t10?,13-/m0/s1. The van der Waals surface area contributed by atoms with Crippen molar-refractivity contribution in [3.63, 3.8) is 0 Å². The number of carbonyl (C=O) groups excluding carboxylic acids is 1. The zero-order chi connectivity index (χ0) is 16.0. The van der Waals surface area contributed by atoms with Gasteiger partial charge >= 0.3 is 12.0 Å². The average molecular weight is 357 g/mol. The molecule has 2 N–H and O–H groups in total. The van der Waals surface area contributed by atoms with Crippen LogP contribution >= 0.6 is 15.9 Å². The van der Waals surface area contributed by atoms with Crippen molar-refractivity contribution in [2.24, 2.45) is 5.92 Å². The fraction of sp³-hybridized carbons (Fsp3) is 0.467. The zero-order valence-electron chi connectivity index (χ0n) is 12.5. The molecular formula is C15H21BrN2O3. The van der Waals surface area contributed by atoms with E-state index < -0.39 is 12.0 Å². The molecule has 0 aliphatic carbocycles. The first-order chi connectivity index (χ1) is 9.85. The van der Waals surface area contributed by atoms with E-state index in [0.717, 1.165) is 10.0 Å². The molecule has 116 valence electrons. The number of benzene rings is 1. The Bertz CT molecular complexity index is 507. The number of carbonyl (C=O) groups is 2. The molecule has 2 atom stereocenters. The third kappa shape index (κ3) is 5.38. The average Bonchev–Trinajstić information content (AvgIpc) is 2.43. The van der Waals surface area contributed by atoms with Crippen molar-refractivity contribution in [3.8, 4) is 0 Å². The van der Waals surface area contributed by atoms with E-state index in [4.69, 9.17) is 0 Å². The molecule has 0 saturated carbocycles. The molecule has 6 heteroatoms. The maximum absolute atomic E-state index is 12.1. The van der Waals surface area contributed by atoms with Gasteiger partial charge in [-0.3, -0.25) is 0 Å². The fourth-order valence-electron chi connectivity index (χ4n) is 1.91. The Labute approximate surface area is 133 Å². The van der Waals surface area contributed by atoms with E-state index in [2.05, 4.69) is 21.2 Å². The van der Waals surface area contributed by atoms with Crippen molar-refractivity contribution in [1.82, 2.24) is 10.2 Å². The van der Waals surface area contributed by atoms with Crippen molar-refractivity contribution < 1.29 is 14.7 Å². The van der Waals surface area contributed by atoms with Gasteiger partial charge in [-0.2, -0.15) is 0 Å². The SMILES string of the molecule is CCC(C)[C@H](NC(=O)N(C)Cc1cccc(Br)c1)C(=O)O.